The number of hydrogen-bond donors (Lipinski definition) is 0. The minimum absolute atomic E-state index is 0.319. The Bertz CT molecular complexity index is 257. The molecule has 0 amide bonds. The number of methoxy groups -OCH3 is 1. The van der Waals surface area contributed by atoms with Crippen molar-refractivity contribution in [2.75, 3.05) is 7.11 Å². The molecule has 0 aromatic rings. The molecule has 1 aliphatic carbocycles. The van der Waals surface area contributed by atoms with Crippen LogP contribution in [-0.4, -0.2) is 25.2 Å². The van der Waals surface area contributed by atoms with Crippen molar-refractivity contribution in [3.05, 3.63) is 12.2 Å². The van der Waals surface area contributed by atoms with E-state index in [1.54, 1.807) is 6.08 Å². The molecule has 0 fully saturated rings. The first kappa shape index (κ1) is 10.8. The minimum Gasteiger partial charge on any atom is -0.469 e. The average molecular weight is 198 g/mol. The van der Waals surface area contributed by atoms with Crippen LogP contribution < -0.4 is 0 Å². The molecule has 0 saturated heterocycles. The molecule has 0 aromatic heterocycles. The maximum absolute atomic E-state index is 11.3. The summed E-state index contributed by atoms with van der Waals surface area (Å²) in [6.45, 7) is 1.33. The zero-order valence-electron chi connectivity index (χ0n) is 8.36. The van der Waals surface area contributed by atoms with Crippen LogP contribution in [0.1, 0.15) is 19.8 Å². The van der Waals surface area contributed by atoms with Gasteiger partial charge in [-0.15, -0.1) is 0 Å². The van der Waals surface area contributed by atoms with Crippen molar-refractivity contribution in [2.24, 2.45) is 5.92 Å². The average Bonchev–Trinajstić information content (AvgIpc) is 2.16. The van der Waals surface area contributed by atoms with Crippen LogP contribution in [0, 0.1) is 5.92 Å². The molecule has 0 N–H and O–H groups in total. The highest BCUT2D eigenvalue weighted by molar-refractivity contribution is 5.74. The third-order valence-corrected chi connectivity index (χ3v) is 2.17. The number of allylic oxidation sites excluding steroid dienone is 1. The second kappa shape index (κ2) is 4.79. The first-order valence-corrected chi connectivity index (χ1v) is 4.57. The van der Waals surface area contributed by atoms with Gasteiger partial charge in [0.25, 0.3) is 0 Å². The predicted molar refractivity (Wildman–Crippen MR) is 49.4 cm³/mol. The third kappa shape index (κ3) is 2.58. The van der Waals surface area contributed by atoms with Gasteiger partial charge < -0.3 is 9.47 Å². The summed E-state index contributed by atoms with van der Waals surface area (Å²) in [5, 5.41) is 0. The van der Waals surface area contributed by atoms with Gasteiger partial charge in [-0.25, -0.2) is 0 Å². The van der Waals surface area contributed by atoms with E-state index < -0.39 is 6.10 Å². The molecular weight excluding hydrogens is 184 g/mol. The van der Waals surface area contributed by atoms with E-state index in [1.807, 2.05) is 6.08 Å². The quantitative estimate of drug-likeness (QED) is 0.491. The van der Waals surface area contributed by atoms with Crippen molar-refractivity contribution in [3.63, 3.8) is 0 Å². The molecule has 2 atom stereocenters. The van der Waals surface area contributed by atoms with E-state index in [4.69, 9.17) is 4.74 Å². The Morgan fingerprint density at radius 3 is 2.71 bits per heavy atom. The predicted octanol–water partition coefficient (Wildman–Crippen LogP) is 1.06. The Balaban J connectivity index is 2.67. The van der Waals surface area contributed by atoms with Crippen LogP contribution in [0.25, 0.3) is 0 Å². The van der Waals surface area contributed by atoms with E-state index in [0.29, 0.717) is 6.42 Å². The van der Waals surface area contributed by atoms with Gasteiger partial charge in [0.15, 0.2) is 0 Å². The fourth-order valence-electron chi connectivity index (χ4n) is 1.52. The highest BCUT2D eigenvalue weighted by Crippen LogP contribution is 2.22. The van der Waals surface area contributed by atoms with Crippen LogP contribution in [0.5, 0.6) is 0 Å². The van der Waals surface area contributed by atoms with E-state index in [1.165, 1.54) is 14.0 Å². The Labute approximate surface area is 82.9 Å². The first-order chi connectivity index (χ1) is 6.65. The maximum Gasteiger partial charge on any atom is 0.312 e. The second-order valence-corrected chi connectivity index (χ2v) is 3.21. The maximum atomic E-state index is 11.3. The van der Waals surface area contributed by atoms with Crippen molar-refractivity contribution in [1.82, 2.24) is 0 Å². The molecule has 0 heterocycles. The van der Waals surface area contributed by atoms with Gasteiger partial charge in [0.2, 0.25) is 0 Å². The Morgan fingerprint density at radius 2 is 2.14 bits per heavy atom. The number of esters is 2. The van der Waals surface area contributed by atoms with Crippen LogP contribution in [0.4, 0.5) is 0 Å². The molecular formula is C10H14O4. The fourth-order valence-corrected chi connectivity index (χ4v) is 1.52. The highest BCUT2D eigenvalue weighted by atomic mass is 16.6. The van der Waals surface area contributed by atoms with Gasteiger partial charge in [-0.1, -0.05) is 6.08 Å². The lowest BCUT2D eigenvalue weighted by Gasteiger charge is -2.24. The van der Waals surface area contributed by atoms with E-state index in [2.05, 4.69) is 4.74 Å². The molecule has 14 heavy (non-hydrogen) atoms. The number of carbonyl (C=O) groups is 2. The van der Waals surface area contributed by atoms with Gasteiger partial charge in [0.1, 0.15) is 6.10 Å². The van der Waals surface area contributed by atoms with E-state index in [9.17, 15) is 9.59 Å². The summed E-state index contributed by atoms with van der Waals surface area (Å²) in [5.41, 5.74) is 0. The van der Waals surface area contributed by atoms with Crippen LogP contribution >= 0.6 is 0 Å². The van der Waals surface area contributed by atoms with Gasteiger partial charge in [-0.3, -0.25) is 9.59 Å². The lowest BCUT2D eigenvalue weighted by Crippen LogP contribution is -2.33. The van der Waals surface area contributed by atoms with Gasteiger partial charge in [0.05, 0.1) is 13.0 Å². The number of hydrogen-bond acceptors (Lipinski definition) is 4. The van der Waals surface area contributed by atoms with E-state index in [-0.39, 0.29) is 17.9 Å². The standard InChI is InChI=1S/C10H14O4/c1-7(11)14-9-6-4-3-5-8(9)10(12)13-2/h4,6,8-9H,3,5H2,1-2H3/t8-,9-/m0/s1. The Kier molecular flexibility index (Phi) is 3.68. The number of ether oxygens (including phenoxy) is 2. The van der Waals surface area contributed by atoms with Gasteiger partial charge in [-0.2, -0.15) is 0 Å². The molecule has 0 aliphatic heterocycles. The molecule has 0 unspecified atom stereocenters. The SMILES string of the molecule is COC(=O)[C@H]1CCC=C[C@@H]1OC(C)=O. The molecule has 78 valence electrons. The van der Waals surface area contributed by atoms with Gasteiger partial charge in [-0.05, 0) is 18.9 Å². The Hall–Kier alpha value is -1.32. The smallest absolute Gasteiger partial charge is 0.312 e. The van der Waals surface area contributed by atoms with Crippen molar-refractivity contribution < 1.29 is 19.1 Å². The molecule has 1 aliphatic rings. The third-order valence-electron chi connectivity index (χ3n) is 2.17. The van der Waals surface area contributed by atoms with Crippen LogP contribution in [-0.2, 0) is 19.1 Å². The van der Waals surface area contributed by atoms with E-state index in [0.717, 1.165) is 6.42 Å². The molecule has 0 saturated carbocycles. The topological polar surface area (TPSA) is 52.6 Å². The lowest BCUT2D eigenvalue weighted by molar-refractivity contribution is -0.156. The Morgan fingerprint density at radius 1 is 1.43 bits per heavy atom. The van der Waals surface area contributed by atoms with Crippen LogP contribution in [0.15, 0.2) is 12.2 Å². The molecule has 4 heteroatoms. The highest BCUT2D eigenvalue weighted by Gasteiger charge is 2.31. The van der Waals surface area contributed by atoms with Gasteiger partial charge in [0, 0.05) is 6.92 Å². The molecule has 4 nitrogen and oxygen atoms in total. The van der Waals surface area contributed by atoms with Crippen molar-refractivity contribution in [1.29, 1.82) is 0 Å². The van der Waals surface area contributed by atoms with Crippen molar-refractivity contribution in [3.8, 4) is 0 Å². The summed E-state index contributed by atoms with van der Waals surface area (Å²) in [4.78, 5) is 22.1. The summed E-state index contributed by atoms with van der Waals surface area (Å²) in [6, 6.07) is 0. The lowest BCUT2D eigenvalue weighted by atomic mass is 9.91. The number of carbonyl (C=O) groups excluding carboxylic acids is 2. The summed E-state index contributed by atoms with van der Waals surface area (Å²) < 4.78 is 9.64. The second-order valence-electron chi connectivity index (χ2n) is 3.21. The number of rotatable bonds is 2. The summed E-state index contributed by atoms with van der Waals surface area (Å²) >= 11 is 0. The van der Waals surface area contributed by atoms with Crippen LogP contribution in [0.2, 0.25) is 0 Å². The van der Waals surface area contributed by atoms with E-state index >= 15 is 0 Å². The zero-order chi connectivity index (χ0) is 10.6. The molecule has 0 aromatic carbocycles. The molecule has 0 spiro atoms. The molecule has 0 bridgehead atoms. The minimum atomic E-state index is -0.464. The normalized spacial score (nSPS) is 25.6. The fraction of sp³-hybridized carbons (Fsp3) is 0.600. The molecule has 1 rings (SSSR count). The summed E-state index contributed by atoms with van der Waals surface area (Å²) in [5.74, 6) is -1.05. The molecule has 0 radical (unpaired) electrons. The summed E-state index contributed by atoms with van der Waals surface area (Å²) in [7, 11) is 1.34. The monoisotopic (exact) mass is 198 g/mol. The van der Waals surface area contributed by atoms with Crippen molar-refractivity contribution >= 4 is 11.9 Å². The first-order valence-electron chi connectivity index (χ1n) is 4.57. The van der Waals surface area contributed by atoms with Gasteiger partial charge >= 0.3 is 11.9 Å². The zero-order valence-corrected chi connectivity index (χ0v) is 8.36. The van der Waals surface area contributed by atoms with Crippen molar-refractivity contribution in [2.45, 2.75) is 25.9 Å². The summed E-state index contributed by atoms with van der Waals surface area (Å²) in [6.07, 6.45) is 4.67. The largest absolute Gasteiger partial charge is 0.469 e. The van der Waals surface area contributed by atoms with Crippen LogP contribution in [0.3, 0.4) is 0 Å².